The predicted octanol–water partition coefficient (Wildman–Crippen LogP) is -1.06. The molecule has 2 bridgehead atoms. The first-order valence-electron chi connectivity index (χ1n) is 6.14. The van der Waals surface area contributed by atoms with Gasteiger partial charge in [-0.1, -0.05) is 0 Å². The summed E-state index contributed by atoms with van der Waals surface area (Å²) in [5, 5.41) is 0. The summed E-state index contributed by atoms with van der Waals surface area (Å²) in [6, 6.07) is -0.674. The molecule has 0 aromatic carbocycles. The second-order valence-electron chi connectivity index (χ2n) is 5.06. The van der Waals surface area contributed by atoms with Crippen LogP contribution in [-0.2, 0) is 19.1 Å². The molecule has 4 aliphatic rings. The second kappa shape index (κ2) is 3.20. The lowest BCUT2D eigenvalue weighted by atomic mass is 10.0. The van der Waals surface area contributed by atoms with Crippen molar-refractivity contribution in [1.82, 2.24) is 9.80 Å². The number of carbonyl (C=O) groups is 2. The van der Waals surface area contributed by atoms with E-state index in [0.29, 0.717) is 19.7 Å². The van der Waals surface area contributed by atoms with Gasteiger partial charge in [0.15, 0.2) is 6.29 Å². The Morgan fingerprint density at radius 2 is 2.06 bits per heavy atom. The lowest BCUT2D eigenvalue weighted by molar-refractivity contribution is -0.183. The molecule has 4 heterocycles. The zero-order valence-electron chi connectivity index (χ0n) is 9.37. The molecule has 92 valence electrons. The normalized spacial score (nSPS) is 44.0. The third-order valence-electron chi connectivity index (χ3n) is 4.16. The molecule has 4 aliphatic heterocycles. The predicted molar refractivity (Wildman–Crippen MR) is 54.8 cm³/mol. The Kier molecular flexibility index (Phi) is 1.85. The lowest BCUT2D eigenvalue weighted by Crippen LogP contribution is -2.68. The van der Waals surface area contributed by atoms with E-state index in [0.717, 1.165) is 12.8 Å². The van der Waals surface area contributed by atoms with E-state index < -0.39 is 6.04 Å². The van der Waals surface area contributed by atoms with Gasteiger partial charge in [0.2, 0.25) is 11.8 Å². The third-order valence-corrected chi connectivity index (χ3v) is 4.16. The molecule has 4 saturated heterocycles. The average Bonchev–Trinajstić information content (AvgIpc) is 2.93. The molecular formula is C11H14N2O4. The molecule has 0 aromatic heterocycles. The summed E-state index contributed by atoms with van der Waals surface area (Å²) in [5.74, 6) is 0.122. The molecule has 0 spiro atoms. The number of rotatable bonds is 0. The summed E-state index contributed by atoms with van der Waals surface area (Å²) in [4.78, 5) is 28.1. The molecule has 0 saturated carbocycles. The van der Waals surface area contributed by atoms with Gasteiger partial charge >= 0.3 is 0 Å². The van der Waals surface area contributed by atoms with Crippen LogP contribution in [0, 0.1) is 0 Å². The molecule has 17 heavy (non-hydrogen) atoms. The molecule has 4 fully saturated rings. The maximum atomic E-state index is 12.4. The van der Waals surface area contributed by atoms with E-state index in [1.54, 1.807) is 9.80 Å². The van der Waals surface area contributed by atoms with Crippen molar-refractivity contribution in [2.75, 3.05) is 19.7 Å². The molecule has 4 rings (SSSR count). The minimum atomic E-state index is -0.449. The smallest absolute Gasteiger partial charge is 0.248 e. The highest BCUT2D eigenvalue weighted by molar-refractivity contribution is 5.98. The van der Waals surface area contributed by atoms with Crippen LogP contribution in [0.2, 0.25) is 0 Å². The van der Waals surface area contributed by atoms with Crippen molar-refractivity contribution in [3.63, 3.8) is 0 Å². The van der Waals surface area contributed by atoms with Gasteiger partial charge in [0.1, 0.15) is 18.2 Å². The van der Waals surface area contributed by atoms with Crippen LogP contribution in [0.4, 0.5) is 0 Å². The van der Waals surface area contributed by atoms with Crippen LogP contribution < -0.4 is 0 Å². The second-order valence-corrected chi connectivity index (χ2v) is 5.06. The number of ether oxygens (including phenoxy) is 2. The zero-order chi connectivity index (χ0) is 11.6. The summed E-state index contributed by atoms with van der Waals surface area (Å²) in [5.41, 5.74) is 0. The van der Waals surface area contributed by atoms with Gasteiger partial charge in [-0.2, -0.15) is 0 Å². The molecular weight excluding hydrogens is 224 g/mol. The van der Waals surface area contributed by atoms with E-state index in [1.165, 1.54) is 0 Å². The number of piperazine rings is 1. The van der Waals surface area contributed by atoms with E-state index in [-0.39, 0.29) is 30.3 Å². The van der Waals surface area contributed by atoms with Gasteiger partial charge in [-0.3, -0.25) is 9.59 Å². The fraction of sp³-hybridized carbons (Fsp3) is 0.818. The van der Waals surface area contributed by atoms with Crippen molar-refractivity contribution in [3.05, 3.63) is 0 Å². The Bertz CT molecular complexity index is 399. The Hall–Kier alpha value is -1.14. The third kappa shape index (κ3) is 1.17. The lowest BCUT2D eigenvalue weighted by Gasteiger charge is -2.46. The summed E-state index contributed by atoms with van der Waals surface area (Å²) in [6.07, 6.45) is 1.12. The maximum absolute atomic E-state index is 12.4. The quantitative estimate of drug-likeness (QED) is 0.540. The summed E-state index contributed by atoms with van der Waals surface area (Å²) < 4.78 is 11.0. The molecule has 0 aromatic rings. The van der Waals surface area contributed by atoms with Gasteiger partial charge in [0.25, 0.3) is 0 Å². The Morgan fingerprint density at radius 3 is 2.94 bits per heavy atom. The van der Waals surface area contributed by atoms with Crippen LogP contribution in [0.15, 0.2) is 0 Å². The number of nitrogens with zero attached hydrogens (tertiary/aromatic N) is 2. The fourth-order valence-corrected chi connectivity index (χ4v) is 3.38. The SMILES string of the molecule is O=C1[C@@H]2CCCN2C(=O)[C@@H]2[C@@H]3CO[C@H](CN12)O3. The molecule has 0 unspecified atom stereocenters. The molecule has 0 aliphatic carbocycles. The zero-order valence-corrected chi connectivity index (χ0v) is 9.37. The number of fused-ring (bicyclic) bond motifs is 5. The summed E-state index contributed by atoms with van der Waals surface area (Å²) >= 11 is 0. The summed E-state index contributed by atoms with van der Waals surface area (Å²) in [6.45, 7) is 1.52. The molecule has 6 nitrogen and oxygen atoms in total. The minimum Gasteiger partial charge on any atom is -0.348 e. The van der Waals surface area contributed by atoms with E-state index >= 15 is 0 Å². The van der Waals surface area contributed by atoms with Crippen LogP contribution in [0.1, 0.15) is 12.8 Å². The van der Waals surface area contributed by atoms with Crippen molar-refractivity contribution in [2.24, 2.45) is 0 Å². The fourth-order valence-electron chi connectivity index (χ4n) is 3.38. The first-order valence-corrected chi connectivity index (χ1v) is 6.14. The van der Waals surface area contributed by atoms with Gasteiger partial charge in [-0.25, -0.2) is 0 Å². The van der Waals surface area contributed by atoms with Crippen LogP contribution in [-0.4, -0.2) is 65.8 Å². The number of morpholine rings is 1. The molecule has 2 amide bonds. The molecule has 0 radical (unpaired) electrons. The standard InChI is InChI=1S/C11H14N2O4/c14-10-6-2-1-3-12(6)11(15)9-7-5-16-8(17-7)4-13(9)10/h6-9H,1-5H2/t6-,7-,8-,9-/m0/s1. The van der Waals surface area contributed by atoms with Gasteiger partial charge < -0.3 is 19.3 Å². The molecule has 0 N–H and O–H groups in total. The number of hydrogen-bond donors (Lipinski definition) is 0. The maximum Gasteiger partial charge on any atom is 0.248 e. The highest BCUT2D eigenvalue weighted by Crippen LogP contribution is 2.34. The van der Waals surface area contributed by atoms with Crippen molar-refractivity contribution in [1.29, 1.82) is 0 Å². The van der Waals surface area contributed by atoms with Crippen LogP contribution in [0.5, 0.6) is 0 Å². The largest absolute Gasteiger partial charge is 0.348 e. The molecule has 4 atom stereocenters. The van der Waals surface area contributed by atoms with E-state index in [1.807, 2.05) is 0 Å². The van der Waals surface area contributed by atoms with Gasteiger partial charge in [0, 0.05) is 6.54 Å². The van der Waals surface area contributed by atoms with Gasteiger partial charge in [-0.05, 0) is 12.8 Å². The van der Waals surface area contributed by atoms with Crippen molar-refractivity contribution < 1.29 is 19.1 Å². The first kappa shape index (κ1) is 9.85. The highest BCUT2D eigenvalue weighted by Gasteiger charge is 2.55. The van der Waals surface area contributed by atoms with E-state index in [4.69, 9.17) is 9.47 Å². The topological polar surface area (TPSA) is 59.1 Å². The first-order chi connectivity index (χ1) is 8.25. The minimum absolute atomic E-state index is 0.0426. The van der Waals surface area contributed by atoms with E-state index in [9.17, 15) is 9.59 Å². The highest BCUT2D eigenvalue weighted by atomic mass is 16.7. The Balaban J connectivity index is 1.73. The van der Waals surface area contributed by atoms with Crippen molar-refractivity contribution in [2.45, 2.75) is 37.3 Å². The van der Waals surface area contributed by atoms with Crippen LogP contribution in [0.3, 0.4) is 0 Å². The average molecular weight is 238 g/mol. The van der Waals surface area contributed by atoms with Gasteiger partial charge in [0.05, 0.1) is 13.2 Å². The van der Waals surface area contributed by atoms with Crippen LogP contribution in [0.25, 0.3) is 0 Å². The number of carbonyl (C=O) groups excluding carboxylic acids is 2. The number of hydrogen-bond acceptors (Lipinski definition) is 4. The van der Waals surface area contributed by atoms with Crippen molar-refractivity contribution in [3.8, 4) is 0 Å². The Morgan fingerprint density at radius 1 is 1.18 bits per heavy atom. The van der Waals surface area contributed by atoms with Crippen LogP contribution >= 0.6 is 0 Å². The number of amides is 2. The molecule has 6 heteroatoms. The Labute approximate surface area is 98.4 Å². The van der Waals surface area contributed by atoms with E-state index in [2.05, 4.69) is 0 Å². The monoisotopic (exact) mass is 238 g/mol. The van der Waals surface area contributed by atoms with Crippen molar-refractivity contribution >= 4 is 11.8 Å². The summed E-state index contributed by atoms with van der Waals surface area (Å²) in [7, 11) is 0. The van der Waals surface area contributed by atoms with Gasteiger partial charge in [-0.15, -0.1) is 0 Å².